The molecule has 0 aromatic carbocycles. The van der Waals surface area contributed by atoms with E-state index in [4.69, 9.17) is 4.74 Å². The lowest BCUT2D eigenvalue weighted by atomic mass is 9.88. The first-order valence-electron chi connectivity index (χ1n) is 4.97. The third kappa shape index (κ3) is 2.87. The van der Waals surface area contributed by atoms with Crippen molar-refractivity contribution in [2.24, 2.45) is 5.92 Å². The molecule has 0 saturated heterocycles. The first-order valence-corrected chi connectivity index (χ1v) is 4.97. The second kappa shape index (κ2) is 4.45. The third-order valence-electron chi connectivity index (χ3n) is 2.64. The van der Waals surface area contributed by atoms with Crippen LogP contribution in [0.25, 0.3) is 0 Å². The molecule has 0 amide bonds. The zero-order valence-corrected chi connectivity index (χ0v) is 8.51. The third-order valence-corrected chi connectivity index (χ3v) is 2.64. The van der Waals surface area contributed by atoms with Gasteiger partial charge in [-0.1, -0.05) is 19.9 Å². The lowest BCUT2D eigenvalue weighted by Crippen LogP contribution is -2.28. The van der Waals surface area contributed by atoms with Crippen molar-refractivity contribution < 1.29 is 9.53 Å². The molecule has 1 aliphatic carbocycles. The molecule has 2 heteroatoms. The number of carbonyl (C=O) groups is 1. The number of hydrogen-bond acceptors (Lipinski definition) is 2. The maximum Gasteiger partial charge on any atom is 0.333 e. The van der Waals surface area contributed by atoms with Gasteiger partial charge in [0.05, 0.1) is 0 Å². The van der Waals surface area contributed by atoms with Gasteiger partial charge in [-0.05, 0) is 32.1 Å². The van der Waals surface area contributed by atoms with Crippen molar-refractivity contribution in [1.29, 1.82) is 0 Å². The molecule has 0 heterocycles. The molecule has 74 valence electrons. The van der Waals surface area contributed by atoms with Crippen LogP contribution in [0.2, 0.25) is 0 Å². The highest BCUT2D eigenvalue weighted by molar-refractivity contribution is 5.87. The van der Waals surface area contributed by atoms with Crippen molar-refractivity contribution in [3.05, 3.63) is 12.2 Å². The molecule has 13 heavy (non-hydrogen) atoms. The molecule has 2 atom stereocenters. The Morgan fingerprint density at radius 3 is 2.54 bits per heavy atom. The van der Waals surface area contributed by atoms with E-state index >= 15 is 0 Å². The normalized spacial score (nSPS) is 28.2. The Morgan fingerprint density at radius 2 is 2.00 bits per heavy atom. The maximum absolute atomic E-state index is 11.2. The Hall–Kier alpha value is -0.790. The van der Waals surface area contributed by atoms with Gasteiger partial charge in [0.1, 0.15) is 6.10 Å². The van der Waals surface area contributed by atoms with E-state index in [1.54, 1.807) is 6.92 Å². The summed E-state index contributed by atoms with van der Waals surface area (Å²) in [7, 11) is 0. The van der Waals surface area contributed by atoms with Crippen LogP contribution in [0, 0.1) is 5.92 Å². The summed E-state index contributed by atoms with van der Waals surface area (Å²) in [5, 5.41) is 0. The fourth-order valence-electron chi connectivity index (χ4n) is 1.70. The molecular formula is C11H18O2. The summed E-state index contributed by atoms with van der Waals surface area (Å²) in [6.07, 6.45) is 4.76. The monoisotopic (exact) mass is 182 g/mol. The first-order chi connectivity index (χ1) is 6.11. The van der Waals surface area contributed by atoms with E-state index in [0.29, 0.717) is 11.5 Å². The predicted octanol–water partition coefficient (Wildman–Crippen LogP) is 2.68. The zero-order chi connectivity index (χ0) is 9.84. The topological polar surface area (TPSA) is 26.3 Å². The van der Waals surface area contributed by atoms with Gasteiger partial charge < -0.3 is 4.74 Å². The molecule has 0 radical (unpaired) electrons. The molecule has 0 N–H and O–H groups in total. The van der Waals surface area contributed by atoms with Gasteiger partial charge in [0, 0.05) is 5.57 Å². The van der Waals surface area contributed by atoms with E-state index in [9.17, 15) is 4.79 Å². The van der Waals surface area contributed by atoms with Crippen molar-refractivity contribution in [2.75, 3.05) is 0 Å². The van der Waals surface area contributed by atoms with Crippen LogP contribution < -0.4 is 0 Å². The number of esters is 1. The SMILES string of the molecule is C=C(C)C(=O)OC1CCCCC1C. The maximum atomic E-state index is 11.2. The molecule has 0 aliphatic heterocycles. The Labute approximate surface area is 80.0 Å². The van der Waals surface area contributed by atoms with Crippen LogP contribution in [0.5, 0.6) is 0 Å². The molecule has 0 bridgehead atoms. The number of ether oxygens (including phenoxy) is 1. The van der Waals surface area contributed by atoms with E-state index in [1.807, 2.05) is 0 Å². The number of rotatable bonds is 2. The van der Waals surface area contributed by atoms with Gasteiger partial charge in [-0.3, -0.25) is 0 Å². The van der Waals surface area contributed by atoms with Gasteiger partial charge in [-0.25, -0.2) is 4.79 Å². The minimum atomic E-state index is -0.237. The minimum absolute atomic E-state index is 0.123. The lowest BCUT2D eigenvalue weighted by Gasteiger charge is -2.28. The van der Waals surface area contributed by atoms with Crippen LogP contribution in [-0.2, 0) is 9.53 Å². The Morgan fingerprint density at radius 1 is 1.38 bits per heavy atom. The fraction of sp³-hybridized carbons (Fsp3) is 0.727. The predicted molar refractivity (Wildman–Crippen MR) is 52.3 cm³/mol. The summed E-state index contributed by atoms with van der Waals surface area (Å²) in [6.45, 7) is 7.41. The summed E-state index contributed by atoms with van der Waals surface area (Å²) >= 11 is 0. The van der Waals surface area contributed by atoms with Crippen LogP contribution in [0.15, 0.2) is 12.2 Å². The second-order valence-corrected chi connectivity index (χ2v) is 3.99. The molecular weight excluding hydrogens is 164 g/mol. The van der Waals surface area contributed by atoms with Gasteiger partial charge in [0.2, 0.25) is 0 Å². The van der Waals surface area contributed by atoms with Crippen molar-refractivity contribution in [3.8, 4) is 0 Å². The van der Waals surface area contributed by atoms with E-state index < -0.39 is 0 Å². The van der Waals surface area contributed by atoms with Gasteiger partial charge in [0.25, 0.3) is 0 Å². The van der Waals surface area contributed by atoms with Crippen LogP contribution in [0.4, 0.5) is 0 Å². The molecule has 0 aromatic rings. The summed E-state index contributed by atoms with van der Waals surface area (Å²) in [5.74, 6) is 0.274. The largest absolute Gasteiger partial charge is 0.459 e. The van der Waals surface area contributed by atoms with Crippen molar-refractivity contribution in [2.45, 2.75) is 45.6 Å². The van der Waals surface area contributed by atoms with Crippen molar-refractivity contribution in [1.82, 2.24) is 0 Å². The summed E-state index contributed by atoms with van der Waals surface area (Å²) < 4.78 is 5.33. The average Bonchev–Trinajstić information content (AvgIpc) is 2.08. The molecule has 0 aromatic heterocycles. The second-order valence-electron chi connectivity index (χ2n) is 3.99. The smallest absolute Gasteiger partial charge is 0.333 e. The van der Waals surface area contributed by atoms with E-state index in [2.05, 4.69) is 13.5 Å². The molecule has 1 aliphatic rings. The van der Waals surface area contributed by atoms with Gasteiger partial charge in [-0.2, -0.15) is 0 Å². The Bertz CT molecular complexity index is 208. The molecule has 1 fully saturated rings. The Balaban J connectivity index is 2.42. The van der Waals surface area contributed by atoms with E-state index in [0.717, 1.165) is 6.42 Å². The van der Waals surface area contributed by atoms with E-state index in [-0.39, 0.29) is 12.1 Å². The minimum Gasteiger partial charge on any atom is -0.459 e. The van der Waals surface area contributed by atoms with Gasteiger partial charge in [0.15, 0.2) is 0 Å². The Kier molecular flexibility index (Phi) is 3.52. The highest BCUT2D eigenvalue weighted by Gasteiger charge is 2.24. The standard InChI is InChI=1S/C11H18O2/c1-8(2)11(12)13-10-7-5-4-6-9(10)3/h9-10H,1,4-7H2,2-3H3. The molecule has 2 nitrogen and oxygen atoms in total. The lowest BCUT2D eigenvalue weighted by molar-refractivity contribution is -0.148. The zero-order valence-electron chi connectivity index (χ0n) is 8.51. The van der Waals surface area contributed by atoms with Gasteiger partial charge in [-0.15, -0.1) is 0 Å². The molecule has 0 spiro atoms. The summed E-state index contributed by atoms with van der Waals surface area (Å²) in [5.41, 5.74) is 0.498. The van der Waals surface area contributed by atoms with Crippen LogP contribution in [-0.4, -0.2) is 12.1 Å². The van der Waals surface area contributed by atoms with Crippen LogP contribution in [0.3, 0.4) is 0 Å². The van der Waals surface area contributed by atoms with Gasteiger partial charge >= 0.3 is 5.97 Å². The quantitative estimate of drug-likeness (QED) is 0.485. The summed E-state index contributed by atoms with van der Waals surface area (Å²) in [4.78, 5) is 11.2. The number of hydrogen-bond donors (Lipinski definition) is 0. The highest BCUT2D eigenvalue weighted by Crippen LogP contribution is 2.26. The summed E-state index contributed by atoms with van der Waals surface area (Å²) in [6, 6.07) is 0. The highest BCUT2D eigenvalue weighted by atomic mass is 16.5. The molecule has 2 unspecified atom stereocenters. The van der Waals surface area contributed by atoms with Crippen molar-refractivity contribution in [3.63, 3.8) is 0 Å². The van der Waals surface area contributed by atoms with Crippen LogP contribution >= 0.6 is 0 Å². The number of carbonyl (C=O) groups excluding carboxylic acids is 1. The molecule has 1 saturated carbocycles. The van der Waals surface area contributed by atoms with Crippen LogP contribution in [0.1, 0.15) is 39.5 Å². The molecule has 1 rings (SSSR count). The first kappa shape index (κ1) is 10.3. The fourth-order valence-corrected chi connectivity index (χ4v) is 1.70. The van der Waals surface area contributed by atoms with E-state index in [1.165, 1.54) is 19.3 Å². The average molecular weight is 182 g/mol. The van der Waals surface area contributed by atoms with Crippen molar-refractivity contribution >= 4 is 5.97 Å².